The molecule has 3 rings (SSSR count). The van der Waals surface area contributed by atoms with Gasteiger partial charge in [0, 0.05) is 11.6 Å². The molecule has 23 heavy (non-hydrogen) atoms. The summed E-state index contributed by atoms with van der Waals surface area (Å²) in [5.41, 5.74) is -0.0718. The van der Waals surface area contributed by atoms with Gasteiger partial charge in [0.15, 0.2) is 0 Å². The summed E-state index contributed by atoms with van der Waals surface area (Å²) >= 11 is 0. The van der Waals surface area contributed by atoms with Crippen molar-refractivity contribution in [3.8, 4) is 0 Å². The number of nitrogens with one attached hydrogen (secondary N) is 1. The Morgan fingerprint density at radius 2 is 1.96 bits per heavy atom. The second-order valence-electron chi connectivity index (χ2n) is 5.65. The lowest BCUT2D eigenvalue weighted by Crippen LogP contribution is -2.52. The Labute approximate surface area is 133 Å². The van der Waals surface area contributed by atoms with E-state index < -0.39 is 21.5 Å². The molecular weight excluding hydrogens is 316 g/mol. The fourth-order valence-electron chi connectivity index (χ4n) is 2.79. The normalized spacial score (nSPS) is 16.7. The average molecular weight is 332 g/mol. The summed E-state index contributed by atoms with van der Waals surface area (Å²) in [5.74, 6) is -1.18. The van der Waals surface area contributed by atoms with E-state index in [1.54, 1.807) is 36.5 Å². The van der Waals surface area contributed by atoms with Crippen molar-refractivity contribution in [3.05, 3.63) is 48.2 Å². The van der Waals surface area contributed by atoms with Crippen LogP contribution in [0.25, 0.3) is 10.9 Å². The zero-order valence-corrected chi connectivity index (χ0v) is 13.3. The Morgan fingerprint density at radius 1 is 1.26 bits per heavy atom. The van der Waals surface area contributed by atoms with E-state index in [4.69, 9.17) is 0 Å². The molecule has 1 aliphatic carbocycles. The van der Waals surface area contributed by atoms with E-state index in [0.29, 0.717) is 10.9 Å². The first-order valence-corrected chi connectivity index (χ1v) is 8.61. The van der Waals surface area contributed by atoms with Gasteiger partial charge in [-0.3, -0.25) is 9.78 Å². The van der Waals surface area contributed by atoms with Crippen LogP contribution in [0.1, 0.15) is 18.4 Å². The van der Waals surface area contributed by atoms with Crippen molar-refractivity contribution in [2.45, 2.75) is 30.2 Å². The predicted molar refractivity (Wildman–Crippen MR) is 85.5 cm³/mol. The minimum absolute atomic E-state index is 0.0405. The van der Waals surface area contributed by atoms with Gasteiger partial charge in [-0.15, -0.1) is 0 Å². The van der Waals surface area contributed by atoms with Crippen LogP contribution >= 0.6 is 0 Å². The lowest BCUT2D eigenvalue weighted by atomic mass is 9.99. The van der Waals surface area contributed by atoms with Crippen molar-refractivity contribution in [2.24, 2.45) is 0 Å². The molecule has 0 saturated carbocycles. The largest absolute Gasteiger partial charge is 0.480 e. The van der Waals surface area contributed by atoms with Crippen molar-refractivity contribution >= 4 is 26.9 Å². The number of aliphatic carboxylic acids is 1. The zero-order valence-electron chi connectivity index (χ0n) is 12.5. The highest BCUT2D eigenvalue weighted by atomic mass is 32.2. The van der Waals surface area contributed by atoms with Crippen molar-refractivity contribution in [3.63, 3.8) is 0 Å². The first-order valence-electron chi connectivity index (χ1n) is 7.12. The third kappa shape index (κ3) is 2.62. The number of pyridine rings is 1. The van der Waals surface area contributed by atoms with Gasteiger partial charge < -0.3 is 5.11 Å². The molecule has 1 aliphatic rings. The number of carboxylic acid groups (broad SMARTS) is 1. The third-order valence-corrected chi connectivity index (χ3v) is 5.65. The highest BCUT2D eigenvalue weighted by Crippen LogP contribution is 2.29. The number of aryl methyl sites for hydroxylation is 1. The molecule has 2 N–H and O–H groups in total. The number of fused-ring (bicyclic) bond motifs is 1. The van der Waals surface area contributed by atoms with Crippen molar-refractivity contribution in [1.82, 2.24) is 9.71 Å². The molecule has 0 radical (unpaired) electrons. The molecule has 0 bridgehead atoms. The van der Waals surface area contributed by atoms with Gasteiger partial charge in [0.2, 0.25) is 10.0 Å². The van der Waals surface area contributed by atoms with E-state index in [-0.39, 0.29) is 17.7 Å². The number of aromatic nitrogens is 1. The van der Waals surface area contributed by atoms with Gasteiger partial charge in [0.05, 0.1) is 10.4 Å². The maximum atomic E-state index is 12.8. The quantitative estimate of drug-likeness (QED) is 0.835. The topological polar surface area (TPSA) is 96.4 Å². The lowest BCUT2D eigenvalue weighted by Gasteiger charge is -2.25. The van der Waals surface area contributed by atoms with E-state index in [0.717, 1.165) is 5.56 Å². The van der Waals surface area contributed by atoms with E-state index in [2.05, 4.69) is 9.71 Å². The lowest BCUT2D eigenvalue weighted by molar-refractivity contribution is -0.143. The minimum Gasteiger partial charge on any atom is -0.480 e. The van der Waals surface area contributed by atoms with Crippen molar-refractivity contribution in [1.29, 1.82) is 0 Å². The van der Waals surface area contributed by atoms with Crippen LogP contribution in [0.4, 0.5) is 0 Å². The number of carboxylic acids is 1. The van der Waals surface area contributed by atoms with Gasteiger partial charge in [0.25, 0.3) is 0 Å². The number of nitrogens with zero attached hydrogens (tertiary/aromatic N) is 1. The summed E-state index contributed by atoms with van der Waals surface area (Å²) in [7, 11) is -4.00. The van der Waals surface area contributed by atoms with Crippen LogP contribution < -0.4 is 4.72 Å². The van der Waals surface area contributed by atoms with Gasteiger partial charge in [-0.2, -0.15) is 4.72 Å². The van der Waals surface area contributed by atoms with Gasteiger partial charge in [0.1, 0.15) is 5.54 Å². The second-order valence-corrected chi connectivity index (χ2v) is 7.30. The molecule has 0 unspecified atom stereocenters. The Balaban J connectivity index is 2.11. The van der Waals surface area contributed by atoms with Gasteiger partial charge in [-0.1, -0.05) is 18.2 Å². The molecule has 0 saturated heterocycles. The molecule has 0 atom stereocenters. The van der Waals surface area contributed by atoms with E-state index in [9.17, 15) is 18.3 Å². The minimum atomic E-state index is -4.00. The number of rotatable bonds is 4. The van der Waals surface area contributed by atoms with Crippen LogP contribution in [-0.4, -0.2) is 30.0 Å². The van der Waals surface area contributed by atoms with Gasteiger partial charge in [-0.25, -0.2) is 8.42 Å². The smallest absolute Gasteiger partial charge is 0.325 e. The average Bonchev–Trinajstić information content (AvgIpc) is 2.97. The third-order valence-electron chi connectivity index (χ3n) is 4.06. The van der Waals surface area contributed by atoms with E-state index in [1.165, 1.54) is 6.07 Å². The maximum absolute atomic E-state index is 12.8. The summed E-state index contributed by atoms with van der Waals surface area (Å²) < 4.78 is 28.0. The molecule has 1 aromatic heterocycles. The Bertz CT molecular complexity index is 911. The zero-order chi connectivity index (χ0) is 16.7. The second kappa shape index (κ2) is 5.43. The molecule has 120 valence electrons. The Kier molecular flexibility index (Phi) is 3.69. The molecule has 0 amide bonds. The molecule has 1 heterocycles. The Hall–Kier alpha value is -2.25. The number of sulfonamides is 1. The summed E-state index contributed by atoms with van der Waals surface area (Å²) in [6.45, 7) is 1.85. The summed E-state index contributed by atoms with van der Waals surface area (Å²) in [6.07, 6.45) is 5.20. The summed E-state index contributed by atoms with van der Waals surface area (Å²) in [5, 5.41) is 9.93. The molecule has 2 aromatic rings. The summed E-state index contributed by atoms with van der Waals surface area (Å²) in [6, 6.07) is 6.49. The van der Waals surface area contributed by atoms with E-state index in [1.807, 2.05) is 6.92 Å². The van der Waals surface area contributed by atoms with Crippen LogP contribution in [0.5, 0.6) is 0 Å². The molecule has 1 aromatic carbocycles. The van der Waals surface area contributed by atoms with Gasteiger partial charge in [-0.05, 0) is 43.5 Å². The molecule has 7 heteroatoms. The molecular formula is C16H16N2O4S. The molecule has 0 spiro atoms. The van der Waals surface area contributed by atoms with Crippen molar-refractivity contribution in [2.75, 3.05) is 0 Å². The number of benzene rings is 1. The van der Waals surface area contributed by atoms with Crippen LogP contribution in [0.15, 0.2) is 47.5 Å². The van der Waals surface area contributed by atoms with Crippen LogP contribution in [0.2, 0.25) is 0 Å². The maximum Gasteiger partial charge on any atom is 0.325 e. The van der Waals surface area contributed by atoms with Gasteiger partial charge >= 0.3 is 5.97 Å². The van der Waals surface area contributed by atoms with Crippen LogP contribution in [0, 0.1) is 6.92 Å². The fourth-order valence-corrected chi connectivity index (χ4v) is 4.37. The molecule has 0 fully saturated rings. The summed E-state index contributed by atoms with van der Waals surface area (Å²) in [4.78, 5) is 15.8. The Morgan fingerprint density at radius 3 is 2.61 bits per heavy atom. The molecule has 0 aliphatic heterocycles. The van der Waals surface area contributed by atoms with Crippen LogP contribution in [0.3, 0.4) is 0 Å². The predicted octanol–water partition coefficient (Wildman–Crippen LogP) is 1.99. The highest BCUT2D eigenvalue weighted by molar-refractivity contribution is 7.89. The number of hydrogen-bond acceptors (Lipinski definition) is 4. The highest BCUT2D eigenvalue weighted by Gasteiger charge is 2.43. The van der Waals surface area contributed by atoms with Crippen molar-refractivity contribution < 1.29 is 18.3 Å². The SMILES string of the molecule is Cc1ccc(S(=O)(=O)NC2(C(=O)O)CC=CC2)c2cccnc12. The fraction of sp³-hybridized carbons (Fsp3) is 0.250. The number of carbonyl (C=O) groups is 1. The van der Waals surface area contributed by atoms with Crippen LogP contribution in [-0.2, 0) is 14.8 Å². The molecule has 6 nitrogen and oxygen atoms in total. The number of hydrogen-bond donors (Lipinski definition) is 2. The first kappa shape index (κ1) is 15.6. The van der Waals surface area contributed by atoms with E-state index >= 15 is 0 Å². The first-order chi connectivity index (χ1) is 10.9. The standard InChI is InChI=1S/C16H16N2O4S/c1-11-6-7-13(12-5-4-10-17-14(11)12)23(21,22)18-16(15(19)20)8-2-3-9-16/h2-7,10,18H,8-9H2,1H3,(H,19,20). The monoisotopic (exact) mass is 332 g/mol.